The van der Waals surface area contributed by atoms with Gasteiger partial charge in [0, 0.05) is 42.9 Å². The lowest BCUT2D eigenvalue weighted by Gasteiger charge is -2.36. The lowest BCUT2D eigenvalue weighted by atomic mass is 9.70. The van der Waals surface area contributed by atoms with E-state index in [0.717, 1.165) is 12.8 Å². The Kier molecular flexibility index (Phi) is 7.65. The summed E-state index contributed by atoms with van der Waals surface area (Å²) in [5.41, 5.74) is 20.4. The summed E-state index contributed by atoms with van der Waals surface area (Å²) < 4.78 is 11.6. The Labute approximate surface area is 252 Å². The van der Waals surface area contributed by atoms with Gasteiger partial charge < -0.3 is 36.9 Å². The van der Waals surface area contributed by atoms with E-state index in [1.807, 2.05) is 30.3 Å². The lowest BCUT2D eigenvalue weighted by Crippen LogP contribution is -2.53. The van der Waals surface area contributed by atoms with Crippen LogP contribution in [0.1, 0.15) is 45.2 Å². The highest BCUT2D eigenvalue weighted by molar-refractivity contribution is 7.21. The van der Waals surface area contributed by atoms with Gasteiger partial charge in [0.1, 0.15) is 23.6 Å². The number of ketones is 1. The van der Waals surface area contributed by atoms with Gasteiger partial charge in [0.2, 0.25) is 5.91 Å². The van der Waals surface area contributed by atoms with Crippen LogP contribution in [0.3, 0.4) is 0 Å². The second kappa shape index (κ2) is 11.4. The lowest BCUT2D eigenvalue weighted by molar-refractivity contribution is -0.136. The number of benzene rings is 3. The quantitative estimate of drug-likeness (QED) is 0.235. The average Bonchev–Trinajstić information content (AvgIpc) is 3.43. The third-order valence-electron chi connectivity index (χ3n) is 8.19. The molecule has 1 aliphatic carbocycles. The molecule has 2 heterocycles. The number of nitrogens with one attached hydrogen (secondary N) is 1. The van der Waals surface area contributed by atoms with Crippen LogP contribution in [0, 0.1) is 0 Å². The van der Waals surface area contributed by atoms with Gasteiger partial charge in [-0.3, -0.25) is 14.4 Å². The number of carbonyl (C=O) groups is 3. The Morgan fingerprint density at radius 1 is 1.07 bits per heavy atom. The largest absolute Gasteiger partial charge is 0.457 e. The number of rotatable bonds is 7. The predicted octanol–water partition coefficient (Wildman–Crippen LogP) is 3.43. The summed E-state index contributed by atoms with van der Waals surface area (Å²) in [5, 5.41) is 3.69. The van der Waals surface area contributed by atoms with Crippen molar-refractivity contribution >= 4 is 44.7 Å². The molecule has 1 aromatic heterocycles. The molecule has 10 nitrogen and oxygen atoms in total. The summed E-state index contributed by atoms with van der Waals surface area (Å²) >= 11 is 1.20. The first kappa shape index (κ1) is 28.8. The molecule has 3 aromatic carbocycles. The highest BCUT2D eigenvalue weighted by atomic mass is 32.1. The van der Waals surface area contributed by atoms with Crippen LogP contribution >= 0.6 is 11.3 Å². The summed E-state index contributed by atoms with van der Waals surface area (Å²) in [7, 11) is 1.48. The minimum Gasteiger partial charge on any atom is -0.457 e. The molecule has 222 valence electrons. The van der Waals surface area contributed by atoms with Crippen LogP contribution in [0.2, 0.25) is 0 Å². The van der Waals surface area contributed by atoms with Crippen molar-refractivity contribution in [2.45, 2.75) is 30.5 Å². The van der Waals surface area contributed by atoms with E-state index in [2.05, 4.69) is 5.32 Å². The number of nitrogens with two attached hydrogens (primary N) is 3. The molecule has 6 rings (SSSR count). The van der Waals surface area contributed by atoms with Crippen molar-refractivity contribution < 1.29 is 23.9 Å². The fourth-order valence-corrected chi connectivity index (χ4v) is 7.25. The predicted molar refractivity (Wildman–Crippen MR) is 165 cm³/mol. The van der Waals surface area contributed by atoms with E-state index in [9.17, 15) is 14.4 Å². The van der Waals surface area contributed by atoms with Crippen molar-refractivity contribution in [1.29, 1.82) is 0 Å². The van der Waals surface area contributed by atoms with Crippen molar-refractivity contribution in [3.05, 3.63) is 88.3 Å². The number of Topliss-reactive ketones (excluding diaryl/α,β-unsaturated/α-hetero) is 1. The zero-order chi connectivity index (χ0) is 30.3. The highest BCUT2D eigenvalue weighted by Crippen LogP contribution is 2.49. The molecular formula is C32H33N5O5S. The Morgan fingerprint density at radius 2 is 1.79 bits per heavy atom. The molecule has 4 aromatic rings. The number of carbonyl (C=O) groups excluding carboxylic acids is 3. The minimum absolute atomic E-state index is 0.0102. The van der Waals surface area contributed by atoms with Gasteiger partial charge in [0.25, 0.3) is 5.91 Å². The van der Waals surface area contributed by atoms with Crippen LogP contribution in [-0.4, -0.2) is 55.3 Å². The second-order valence-corrected chi connectivity index (χ2v) is 11.9. The molecule has 11 heteroatoms. The SMILES string of the molecule is COCC(=O)N1CCCC(NC(=O)c2sc3c(N)ccc4c3c2C(N)C(=O)C4(N)c2ccc(Oc3ccccc3)cc2)C1. The van der Waals surface area contributed by atoms with E-state index < -0.39 is 17.4 Å². The number of thiophene rings is 1. The maximum atomic E-state index is 14.1. The molecule has 43 heavy (non-hydrogen) atoms. The van der Waals surface area contributed by atoms with Crippen LogP contribution in [0.25, 0.3) is 10.1 Å². The van der Waals surface area contributed by atoms with Gasteiger partial charge in [-0.15, -0.1) is 11.3 Å². The van der Waals surface area contributed by atoms with E-state index in [4.69, 9.17) is 26.7 Å². The standard InChI is InChI=1S/C32H33N5O5S/c1-41-17-24(38)37-15-5-6-19(16-37)36-31(40)29-26-25-22(13-14-23(33)28(25)43-29)32(35,30(39)27(26)34)18-9-11-21(12-10-18)42-20-7-3-2-4-8-20/h2-4,7-14,19,27H,5-6,15-17,33-35H2,1H3,(H,36,40). The maximum absolute atomic E-state index is 14.1. The van der Waals surface area contributed by atoms with Crippen molar-refractivity contribution in [3.63, 3.8) is 0 Å². The van der Waals surface area contributed by atoms with E-state index in [1.165, 1.54) is 18.4 Å². The number of likely N-dealkylation sites (tertiary alicyclic amines) is 1. The molecular weight excluding hydrogens is 566 g/mol. The van der Waals surface area contributed by atoms with Gasteiger partial charge in [0.05, 0.1) is 15.6 Å². The summed E-state index contributed by atoms with van der Waals surface area (Å²) in [6, 6.07) is 18.5. The molecule has 1 saturated heterocycles. The summed E-state index contributed by atoms with van der Waals surface area (Å²) in [6.07, 6.45) is 1.47. The Balaban J connectivity index is 1.34. The van der Waals surface area contributed by atoms with Gasteiger partial charge in [-0.1, -0.05) is 36.4 Å². The fraction of sp³-hybridized carbons (Fsp3) is 0.281. The first-order chi connectivity index (χ1) is 20.7. The van der Waals surface area contributed by atoms with Crippen LogP contribution in [0.4, 0.5) is 5.69 Å². The summed E-state index contributed by atoms with van der Waals surface area (Å²) in [4.78, 5) is 42.1. The number of nitrogen functional groups attached to an aromatic ring is 1. The maximum Gasteiger partial charge on any atom is 0.262 e. The number of piperidine rings is 1. The van der Waals surface area contributed by atoms with Crippen LogP contribution in [0.5, 0.6) is 11.5 Å². The highest BCUT2D eigenvalue weighted by Gasteiger charge is 2.48. The molecule has 2 amide bonds. The second-order valence-electron chi connectivity index (χ2n) is 10.9. The first-order valence-electron chi connectivity index (χ1n) is 14.1. The Morgan fingerprint density at radius 3 is 2.51 bits per heavy atom. The third-order valence-corrected chi connectivity index (χ3v) is 9.44. The Hall–Kier alpha value is -4.29. The Bertz CT molecular complexity index is 1710. The number of para-hydroxylation sites is 1. The van der Waals surface area contributed by atoms with Crippen molar-refractivity contribution in [3.8, 4) is 11.5 Å². The zero-order valence-electron chi connectivity index (χ0n) is 23.7. The average molecular weight is 600 g/mol. The molecule has 1 aliphatic heterocycles. The molecule has 3 atom stereocenters. The molecule has 2 aliphatic rings. The smallest absolute Gasteiger partial charge is 0.262 e. The van der Waals surface area contributed by atoms with Crippen LogP contribution in [-0.2, 0) is 19.9 Å². The van der Waals surface area contributed by atoms with Gasteiger partial charge in [-0.2, -0.15) is 0 Å². The molecule has 7 N–H and O–H groups in total. The van der Waals surface area contributed by atoms with Crippen molar-refractivity contribution in [2.75, 3.05) is 32.5 Å². The first-order valence-corrected chi connectivity index (χ1v) is 14.9. The van der Waals surface area contributed by atoms with Gasteiger partial charge in [-0.25, -0.2) is 0 Å². The van der Waals surface area contributed by atoms with Gasteiger partial charge in [-0.05, 0) is 54.3 Å². The van der Waals surface area contributed by atoms with Crippen molar-refractivity contribution in [1.82, 2.24) is 10.2 Å². The van der Waals surface area contributed by atoms with E-state index >= 15 is 0 Å². The zero-order valence-corrected chi connectivity index (χ0v) is 24.5. The number of ether oxygens (including phenoxy) is 2. The summed E-state index contributed by atoms with van der Waals surface area (Å²) in [5.74, 6) is 0.369. The normalized spacial score (nSPS) is 21.6. The third kappa shape index (κ3) is 5.04. The molecule has 1 fully saturated rings. The number of anilines is 1. The van der Waals surface area contributed by atoms with E-state index in [-0.39, 0.29) is 24.5 Å². The van der Waals surface area contributed by atoms with Crippen LogP contribution in [0.15, 0.2) is 66.7 Å². The molecule has 0 bridgehead atoms. The van der Waals surface area contributed by atoms with E-state index in [1.54, 1.807) is 41.3 Å². The van der Waals surface area contributed by atoms with Gasteiger partial charge in [0.15, 0.2) is 5.78 Å². The number of methoxy groups -OCH3 is 1. The van der Waals surface area contributed by atoms with Crippen LogP contribution < -0.4 is 27.3 Å². The molecule has 0 saturated carbocycles. The number of hydrogen-bond acceptors (Lipinski definition) is 9. The van der Waals surface area contributed by atoms with E-state index in [0.29, 0.717) is 61.9 Å². The minimum atomic E-state index is -1.57. The monoisotopic (exact) mass is 599 g/mol. The molecule has 3 unspecified atom stereocenters. The topological polar surface area (TPSA) is 163 Å². The van der Waals surface area contributed by atoms with Gasteiger partial charge >= 0.3 is 0 Å². The number of hydrogen-bond donors (Lipinski definition) is 4. The molecule has 0 radical (unpaired) electrons. The number of amides is 2. The number of nitrogens with zero attached hydrogens (tertiary/aromatic N) is 1. The summed E-state index contributed by atoms with van der Waals surface area (Å²) in [6.45, 7) is 0.978. The van der Waals surface area contributed by atoms with Crippen molar-refractivity contribution in [2.24, 2.45) is 11.5 Å². The molecule has 0 spiro atoms. The fourth-order valence-electron chi connectivity index (χ4n) is 6.05.